The molecule has 30 heavy (non-hydrogen) atoms. The molecule has 6 heteroatoms. The van der Waals surface area contributed by atoms with Gasteiger partial charge in [-0.2, -0.15) is 0 Å². The van der Waals surface area contributed by atoms with Gasteiger partial charge in [0.2, 0.25) is 11.8 Å². The Bertz CT molecular complexity index is 866. The first kappa shape index (κ1) is 22.3. The maximum absolute atomic E-state index is 13.3. The summed E-state index contributed by atoms with van der Waals surface area (Å²) in [7, 11) is 0. The van der Waals surface area contributed by atoms with Gasteiger partial charge in [0.25, 0.3) is 0 Å². The molecule has 0 aromatic heterocycles. The zero-order valence-electron chi connectivity index (χ0n) is 17.2. The third-order valence-electron chi connectivity index (χ3n) is 5.65. The summed E-state index contributed by atoms with van der Waals surface area (Å²) >= 11 is 6.34. The van der Waals surface area contributed by atoms with E-state index < -0.39 is 6.04 Å². The lowest BCUT2D eigenvalue weighted by Crippen LogP contribution is -2.51. The fourth-order valence-electron chi connectivity index (χ4n) is 3.98. The van der Waals surface area contributed by atoms with Crippen molar-refractivity contribution >= 4 is 23.4 Å². The highest BCUT2D eigenvalue weighted by Crippen LogP contribution is 2.22. The number of halogens is 2. The highest BCUT2D eigenvalue weighted by Gasteiger charge is 2.30. The molecule has 4 nitrogen and oxygen atoms in total. The molecule has 0 saturated heterocycles. The van der Waals surface area contributed by atoms with Crippen LogP contribution in [0.2, 0.25) is 5.02 Å². The van der Waals surface area contributed by atoms with E-state index in [1.807, 2.05) is 25.1 Å². The fourth-order valence-corrected chi connectivity index (χ4v) is 4.17. The molecule has 160 valence electrons. The van der Waals surface area contributed by atoms with Crippen LogP contribution in [0.3, 0.4) is 0 Å². The molecule has 2 aromatic carbocycles. The number of nitrogens with one attached hydrogen (secondary N) is 1. The Hall–Kier alpha value is -2.40. The number of nitrogens with zero attached hydrogens (tertiary/aromatic N) is 1. The Kier molecular flexibility index (Phi) is 7.86. The van der Waals surface area contributed by atoms with E-state index in [4.69, 9.17) is 11.6 Å². The van der Waals surface area contributed by atoms with Gasteiger partial charge in [-0.15, -0.1) is 0 Å². The molecule has 1 atom stereocenters. The number of benzene rings is 2. The number of amides is 2. The van der Waals surface area contributed by atoms with Crippen molar-refractivity contribution < 1.29 is 14.0 Å². The van der Waals surface area contributed by atoms with Crippen LogP contribution < -0.4 is 5.32 Å². The van der Waals surface area contributed by atoms with Crippen LogP contribution in [-0.4, -0.2) is 28.8 Å². The second-order valence-corrected chi connectivity index (χ2v) is 8.24. The summed E-state index contributed by atoms with van der Waals surface area (Å²) in [5, 5.41) is 3.68. The lowest BCUT2D eigenvalue weighted by atomic mass is 10.1. The van der Waals surface area contributed by atoms with Crippen LogP contribution in [-0.2, 0) is 22.6 Å². The number of hydrogen-bond acceptors (Lipinski definition) is 2. The fraction of sp³-hybridized carbons (Fsp3) is 0.417. The van der Waals surface area contributed by atoms with Crippen molar-refractivity contribution in [2.75, 3.05) is 0 Å². The van der Waals surface area contributed by atoms with E-state index >= 15 is 0 Å². The lowest BCUT2D eigenvalue weighted by Gasteiger charge is -2.32. The Labute approximate surface area is 182 Å². The maximum Gasteiger partial charge on any atom is 0.243 e. The Balaban J connectivity index is 1.82. The molecular weight excluding hydrogens is 403 g/mol. The van der Waals surface area contributed by atoms with E-state index in [0.29, 0.717) is 17.0 Å². The van der Waals surface area contributed by atoms with Gasteiger partial charge in [-0.25, -0.2) is 4.39 Å². The largest absolute Gasteiger partial charge is 0.352 e. The molecule has 0 spiro atoms. The predicted molar refractivity (Wildman–Crippen MR) is 117 cm³/mol. The van der Waals surface area contributed by atoms with Crippen molar-refractivity contribution in [2.24, 2.45) is 0 Å². The third kappa shape index (κ3) is 5.82. The highest BCUT2D eigenvalue weighted by atomic mass is 35.5. The quantitative estimate of drug-likeness (QED) is 0.648. The second-order valence-electron chi connectivity index (χ2n) is 7.83. The minimum absolute atomic E-state index is 0.0952. The molecule has 1 saturated carbocycles. The van der Waals surface area contributed by atoms with E-state index in [0.717, 1.165) is 31.2 Å². The van der Waals surface area contributed by atoms with Gasteiger partial charge < -0.3 is 10.2 Å². The number of hydrogen-bond donors (Lipinski definition) is 1. The zero-order valence-corrected chi connectivity index (χ0v) is 18.0. The minimum atomic E-state index is -0.588. The van der Waals surface area contributed by atoms with Gasteiger partial charge in [0.15, 0.2) is 0 Å². The Morgan fingerprint density at radius 2 is 1.80 bits per heavy atom. The van der Waals surface area contributed by atoms with Crippen LogP contribution in [0.4, 0.5) is 4.39 Å². The first-order chi connectivity index (χ1) is 14.5. The molecule has 0 radical (unpaired) electrons. The van der Waals surface area contributed by atoms with Crippen LogP contribution in [0.5, 0.6) is 0 Å². The maximum atomic E-state index is 13.3. The van der Waals surface area contributed by atoms with E-state index in [9.17, 15) is 14.0 Å². The van der Waals surface area contributed by atoms with Gasteiger partial charge in [0.1, 0.15) is 11.9 Å². The van der Waals surface area contributed by atoms with Gasteiger partial charge in [0.05, 0.1) is 6.42 Å². The smallest absolute Gasteiger partial charge is 0.243 e. The van der Waals surface area contributed by atoms with Crippen LogP contribution in [0.15, 0.2) is 48.5 Å². The van der Waals surface area contributed by atoms with Gasteiger partial charge in [-0.05, 0) is 48.6 Å². The summed E-state index contributed by atoms with van der Waals surface area (Å²) in [6, 6.07) is 12.8. The Morgan fingerprint density at radius 1 is 1.13 bits per heavy atom. The van der Waals surface area contributed by atoms with Crippen molar-refractivity contribution in [3.8, 4) is 0 Å². The third-order valence-corrected chi connectivity index (χ3v) is 6.02. The normalized spacial score (nSPS) is 15.0. The lowest BCUT2D eigenvalue weighted by molar-refractivity contribution is -0.141. The van der Waals surface area contributed by atoms with Gasteiger partial charge in [-0.1, -0.05) is 61.7 Å². The molecular formula is C24H28ClFN2O2. The van der Waals surface area contributed by atoms with Crippen molar-refractivity contribution in [3.63, 3.8) is 0 Å². The Morgan fingerprint density at radius 3 is 2.43 bits per heavy atom. The van der Waals surface area contributed by atoms with Gasteiger partial charge in [-0.3, -0.25) is 9.59 Å². The average molecular weight is 431 g/mol. The molecule has 1 aliphatic rings. The highest BCUT2D eigenvalue weighted by molar-refractivity contribution is 6.31. The molecule has 2 aromatic rings. The first-order valence-corrected chi connectivity index (χ1v) is 10.9. The van der Waals surface area contributed by atoms with Crippen LogP contribution in [0.25, 0.3) is 0 Å². The van der Waals surface area contributed by atoms with Crippen molar-refractivity contribution in [3.05, 3.63) is 70.5 Å². The topological polar surface area (TPSA) is 49.4 Å². The second kappa shape index (κ2) is 10.6. The predicted octanol–water partition coefficient (Wildman–Crippen LogP) is 4.89. The average Bonchev–Trinajstić information content (AvgIpc) is 3.24. The summed E-state index contributed by atoms with van der Waals surface area (Å²) in [4.78, 5) is 27.9. The molecule has 3 rings (SSSR count). The van der Waals surface area contributed by atoms with Crippen molar-refractivity contribution in [1.82, 2.24) is 10.2 Å². The van der Waals surface area contributed by atoms with E-state index in [1.165, 1.54) is 12.1 Å². The van der Waals surface area contributed by atoms with Crippen LogP contribution in [0.1, 0.15) is 50.2 Å². The van der Waals surface area contributed by atoms with Gasteiger partial charge >= 0.3 is 0 Å². The van der Waals surface area contributed by atoms with Gasteiger partial charge in [0, 0.05) is 17.6 Å². The molecule has 0 unspecified atom stereocenters. The first-order valence-electron chi connectivity index (χ1n) is 10.6. The number of carbonyl (C=O) groups excluding carboxylic acids is 2. The molecule has 1 N–H and O–H groups in total. The van der Waals surface area contributed by atoms with Crippen molar-refractivity contribution in [1.29, 1.82) is 0 Å². The van der Waals surface area contributed by atoms with Crippen molar-refractivity contribution in [2.45, 2.75) is 64.1 Å². The number of rotatable bonds is 8. The van der Waals surface area contributed by atoms with Crippen LogP contribution >= 0.6 is 11.6 Å². The molecule has 0 bridgehead atoms. The summed E-state index contributed by atoms with van der Waals surface area (Å²) in [6.45, 7) is 2.15. The summed E-state index contributed by atoms with van der Waals surface area (Å²) in [6.07, 6.45) is 4.80. The molecule has 1 aliphatic carbocycles. The molecule has 0 aliphatic heterocycles. The van der Waals surface area contributed by atoms with E-state index in [-0.39, 0.29) is 36.6 Å². The zero-order chi connectivity index (χ0) is 21.5. The summed E-state index contributed by atoms with van der Waals surface area (Å²) in [5.41, 5.74) is 1.50. The SMILES string of the molecule is CC[C@@H](C(=O)NC1CCCC1)N(Cc1ccccc1Cl)C(=O)Cc1ccc(F)cc1. The molecule has 2 amide bonds. The molecule has 0 heterocycles. The van der Waals surface area contributed by atoms with E-state index in [2.05, 4.69) is 5.32 Å². The summed E-state index contributed by atoms with van der Waals surface area (Å²) in [5.74, 6) is -0.652. The summed E-state index contributed by atoms with van der Waals surface area (Å²) < 4.78 is 13.2. The minimum Gasteiger partial charge on any atom is -0.352 e. The van der Waals surface area contributed by atoms with Crippen LogP contribution in [0, 0.1) is 5.82 Å². The standard InChI is InChI=1S/C24H28ClFN2O2/c1-2-22(24(30)27-20-8-4-5-9-20)28(16-18-7-3-6-10-21(18)25)23(29)15-17-11-13-19(26)14-12-17/h3,6-7,10-14,20,22H,2,4-5,8-9,15-16H2,1H3,(H,27,30)/t22-/m0/s1. The number of carbonyl (C=O) groups is 2. The van der Waals surface area contributed by atoms with E-state index in [1.54, 1.807) is 23.1 Å². The monoisotopic (exact) mass is 430 g/mol. The molecule has 1 fully saturated rings.